The highest BCUT2D eigenvalue weighted by molar-refractivity contribution is 5.50. The molecule has 0 saturated heterocycles. The van der Waals surface area contributed by atoms with E-state index in [0.29, 0.717) is 0 Å². The van der Waals surface area contributed by atoms with Crippen molar-refractivity contribution in [1.29, 1.82) is 0 Å². The Bertz CT molecular complexity index is 191. The molecule has 0 bridgehead atoms. The van der Waals surface area contributed by atoms with Crippen LogP contribution in [0.5, 0.6) is 0 Å². The van der Waals surface area contributed by atoms with Gasteiger partial charge in [-0.1, -0.05) is 0 Å². The Morgan fingerprint density at radius 2 is 2.40 bits per heavy atom. The van der Waals surface area contributed by atoms with Crippen LogP contribution in [0, 0.1) is 0 Å². The molecule has 0 aliphatic carbocycles. The number of nitrogens with two attached hydrogens (primary N) is 1. The van der Waals surface area contributed by atoms with E-state index in [2.05, 4.69) is 15.7 Å². The van der Waals surface area contributed by atoms with Crippen molar-refractivity contribution >= 4 is 11.5 Å². The molecule has 1 aromatic heterocycles. The monoisotopic (exact) mass is 138 g/mol. The molecule has 0 fully saturated rings. The summed E-state index contributed by atoms with van der Waals surface area (Å²) in [6.45, 7) is 0. The summed E-state index contributed by atoms with van der Waals surface area (Å²) < 4.78 is 0. The molecular weight excluding hydrogens is 128 g/mol. The molecule has 54 valence electrons. The number of nitrogens with zero attached hydrogens (tertiary/aromatic N) is 1. The summed E-state index contributed by atoms with van der Waals surface area (Å²) in [5.74, 6) is 5.97. The Labute approximate surface area is 59.4 Å². The number of nitrogen functional groups attached to an aromatic ring is 1. The van der Waals surface area contributed by atoms with E-state index in [0.717, 1.165) is 11.5 Å². The molecule has 0 saturated carbocycles. The molecule has 1 aromatic rings. The highest BCUT2D eigenvalue weighted by Gasteiger charge is 1.89. The lowest BCUT2D eigenvalue weighted by atomic mass is 10.4. The minimum atomic E-state index is 0.801. The molecule has 0 aliphatic heterocycles. The van der Waals surface area contributed by atoms with Crippen LogP contribution >= 0.6 is 0 Å². The van der Waals surface area contributed by atoms with Crippen LogP contribution in [0.2, 0.25) is 0 Å². The van der Waals surface area contributed by atoms with Crippen molar-refractivity contribution in [2.75, 3.05) is 17.8 Å². The van der Waals surface area contributed by atoms with Gasteiger partial charge in [0.05, 0.1) is 5.69 Å². The molecule has 1 rings (SSSR count). The van der Waals surface area contributed by atoms with E-state index in [1.54, 1.807) is 12.3 Å². The summed E-state index contributed by atoms with van der Waals surface area (Å²) in [4.78, 5) is 4.00. The van der Waals surface area contributed by atoms with Crippen LogP contribution in [0.15, 0.2) is 18.3 Å². The molecule has 0 radical (unpaired) electrons. The van der Waals surface area contributed by atoms with Crippen LogP contribution in [0.3, 0.4) is 0 Å². The number of hydrazine groups is 1. The van der Waals surface area contributed by atoms with Crippen molar-refractivity contribution < 1.29 is 0 Å². The molecule has 4 nitrogen and oxygen atoms in total. The zero-order chi connectivity index (χ0) is 7.40. The second-order valence-corrected chi connectivity index (χ2v) is 1.82. The fourth-order valence-electron chi connectivity index (χ4n) is 0.657. The third-order valence-electron chi connectivity index (χ3n) is 1.18. The second-order valence-electron chi connectivity index (χ2n) is 1.82. The van der Waals surface area contributed by atoms with Crippen molar-refractivity contribution in [3.8, 4) is 0 Å². The average Bonchev–Trinajstić information content (AvgIpc) is 2.05. The number of pyridine rings is 1. The van der Waals surface area contributed by atoms with Gasteiger partial charge in [0.2, 0.25) is 0 Å². The van der Waals surface area contributed by atoms with Crippen LogP contribution < -0.4 is 16.6 Å². The van der Waals surface area contributed by atoms with Gasteiger partial charge in [-0.25, -0.2) is 4.98 Å². The first-order chi connectivity index (χ1) is 4.86. The topological polar surface area (TPSA) is 63.0 Å². The summed E-state index contributed by atoms with van der Waals surface area (Å²) in [5.41, 5.74) is 3.37. The van der Waals surface area contributed by atoms with Crippen LogP contribution in [0.4, 0.5) is 11.5 Å². The third kappa shape index (κ3) is 1.35. The number of anilines is 2. The predicted molar refractivity (Wildman–Crippen MR) is 41.6 cm³/mol. The summed E-state index contributed by atoms with van der Waals surface area (Å²) in [5, 5.41) is 2.90. The number of hydrogen-bond acceptors (Lipinski definition) is 4. The molecule has 0 unspecified atom stereocenters. The fraction of sp³-hybridized carbons (Fsp3) is 0.167. The van der Waals surface area contributed by atoms with Crippen LogP contribution in [0.25, 0.3) is 0 Å². The largest absolute Gasteiger partial charge is 0.373 e. The molecule has 0 aliphatic rings. The molecule has 0 atom stereocenters. The van der Waals surface area contributed by atoms with Gasteiger partial charge in [0.25, 0.3) is 0 Å². The zero-order valence-corrected chi connectivity index (χ0v) is 5.76. The van der Waals surface area contributed by atoms with Crippen LogP contribution in [0.1, 0.15) is 0 Å². The first-order valence-electron chi connectivity index (χ1n) is 2.97. The Hall–Kier alpha value is -1.29. The average molecular weight is 138 g/mol. The number of aromatic nitrogens is 1. The minimum absolute atomic E-state index is 0.801. The van der Waals surface area contributed by atoms with Crippen LogP contribution in [-0.4, -0.2) is 12.0 Å². The SMILES string of the molecule is CNc1cc(NN)ccn1. The lowest BCUT2D eigenvalue weighted by Crippen LogP contribution is -2.07. The van der Waals surface area contributed by atoms with Gasteiger partial charge in [0, 0.05) is 19.3 Å². The van der Waals surface area contributed by atoms with Gasteiger partial charge in [0.1, 0.15) is 5.82 Å². The highest BCUT2D eigenvalue weighted by Crippen LogP contribution is 2.08. The summed E-state index contributed by atoms with van der Waals surface area (Å²) in [7, 11) is 1.81. The van der Waals surface area contributed by atoms with E-state index in [9.17, 15) is 0 Å². The van der Waals surface area contributed by atoms with Gasteiger partial charge in [-0.15, -0.1) is 0 Å². The van der Waals surface area contributed by atoms with Gasteiger partial charge in [-0.05, 0) is 6.07 Å². The molecule has 10 heavy (non-hydrogen) atoms. The van der Waals surface area contributed by atoms with Gasteiger partial charge in [-0.3, -0.25) is 5.84 Å². The molecule has 4 heteroatoms. The van der Waals surface area contributed by atoms with E-state index < -0.39 is 0 Å². The van der Waals surface area contributed by atoms with Gasteiger partial charge in [0.15, 0.2) is 0 Å². The summed E-state index contributed by atoms with van der Waals surface area (Å²) >= 11 is 0. The second kappa shape index (κ2) is 3.03. The number of hydrogen-bond donors (Lipinski definition) is 3. The molecule has 0 amide bonds. The Morgan fingerprint density at radius 1 is 1.60 bits per heavy atom. The predicted octanol–water partition coefficient (Wildman–Crippen LogP) is 0.409. The normalized spacial score (nSPS) is 9.00. The molecule has 0 aromatic carbocycles. The minimum Gasteiger partial charge on any atom is -0.373 e. The van der Waals surface area contributed by atoms with E-state index in [-0.39, 0.29) is 0 Å². The standard InChI is InChI=1S/C6H10N4/c1-8-6-4-5(10-7)2-3-9-6/h2-4H,7H2,1H3,(H2,8,9,10). The van der Waals surface area contributed by atoms with Gasteiger partial charge < -0.3 is 10.7 Å². The van der Waals surface area contributed by atoms with Crippen molar-refractivity contribution in [3.63, 3.8) is 0 Å². The van der Waals surface area contributed by atoms with Crippen molar-refractivity contribution in [1.82, 2.24) is 4.98 Å². The first-order valence-corrected chi connectivity index (χ1v) is 2.97. The Kier molecular flexibility index (Phi) is 2.07. The Morgan fingerprint density at radius 3 is 3.00 bits per heavy atom. The fourth-order valence-corrected chi connectivity index (χ4v) is 0.657. The number of nitrogens with one attached hydrogen (secondary N) is 2. The van der Waals surface area contributed by atoms with E-state index in [4.69, 9.17) is 5.84 Å². The lowest BCUT2D eigenvalue weighted by Gasteiger charge is -2.01. The van der Waals surface area contributed by atoms with Gasteiger partial charge >= 0.3 is 0 Å². The summed E-state index contributed by atoms with van der Waals surface area (Å²) in [6.07, 6.45) is 1.68. The molecule has 1 heterocycles. The maximum absolute atomic E-state index is 5.17. The molecule has 4 N–H and O–H groups in total. The third-order valence-corrected chi connectivity index (χ3v) is 1.18. The Balaban J connectivity index is 2.87. The lowest BCUT2D eigenvalue weighted by molar-refractivity contribution is 1.26. The van der Waals surface area contributed by atoms with Crippen LogP contribution in [-0.2, 0) is 0 Å². The van der Waals surface area contributed by atoms with Crippen molar-refractivity contribution in [2.24, 2.45) is 5.84 Å². The van der Waals surface area contributed by atoms with E-state index in [1.807, 2.05) is 13.1 Å². The van der Waals surface area contributed by atoms with Crippen molar-refractivity contribution in [2.45, 2.75) is 0 Å². The molecular formula is C6H10N4. The highest BCUT2D eigenvalue weighted by atomic mass is 15.2. The summed E-state index contributed by atoms with van der Waals surface area (Å²) in [6, 6.07) is 3.61. The zero-order valence-electron chi connectivity index (χ0n) is 5.76. The van der Waals surface area contributed by atoms with E-state index in [1.165, 1.54) is 0 Å². The maximum atomic E-state index is 5.17. The van der Waals surface area contributed by atoms with E-state index >= 15 is 0 Å². The van der Waals surface area contributed by atoms with Gasteiger partial charge in [-0.2, -0.15) is 0 Å². The molecule has 0 spiro atoms. The van der Waals surface area contributed by atoms with Crippen molar-refractivity contribution in [3.05, 3.63) is 18.3 Å². The first kappa shape index (κ1) is 6.82. The maximum Gasteiger partial charge on any atom is 0.127 e. The smallest absolute Gasteiger partial charge is 0.127 e. The quantitative estimate of drug-likeness (QED) is 0.409. The number of rotatable bonds is 2.